The van der Waals surface area contributed by atoms with Crippen LogP contribution in [0.2, 0.25) is 5.02 Å². The summed E-state index contributed by atoms with van der Waals surface area (Å²) < 4.78 is 6.37. The molecule has 214 valence electrons. The molecule has 0 saturated carbocycles. The van der Waals surface area contributed by atoms with Crippen LogP contribution >= 0.6 is 11.6 Å². The van der Waals surface area contributed by atoms with Crippen LogP contribution in [0.1, 0.15) is 39.6 Å². The number of hydrogen-bond donors (Lipinski definition) is 2. The number of phenolic OH excluding ortho intramolecular Hbond substituents is 1. The molecule has 4 rings (SSSR count). The standard InChI is InChI=1S/C34H36ClN3O3.H2/c1-23-10-11-26(18-24(23)2)14-15-38(4)16-17-41-33-25(3)19-27(20-30(33)28-8-6-5-7-9-28)22-36-37-34(40)29-12-13-32(39)31(35)21-29;/h5-13,18-22,39H,14-17H2,1-4H3,(H,37,40);1H/b36-22+;. The Morgan fingerprint density at radius 1 is 0.976 bits per heavy atom. The van der Waals surface area contributed by atoms with Gasteiger partial charge in [0, 0.05) is 25.6 Å². The molecule has 0 unspecified atom stereocenters. The number of nitrogens with one attached hydrogen (secondary N) is 1. The number of nitrogens with zero attached hydrogens (tertiary/aromatic N) is 2. The van der Waals surface area contributed by atoms with E-state index >= 15 is 0 Å². The van der Waals surface area contributed by atoms with Crippen LogP contribution in [0.25, 0.3) is 11.1 Å². The Morgan fingerprint density at radius 3 is 2.49 bits per heavy atom. The van der Waals surface area contributed by atoms with Crippen LogP contribution in [0.15, 0.2) is 84.0 Å². The van der Waals surface area contributed by atoms with Gasteiger partial charge >= 0.3 is 0 Å². The first kappa shape index (κ1) is 29.8. The summed E-state index contributed by atoms with van der Waals surface area (Å²) in [6, 6.07) is 25.0. The Morgan fingerprint density at radius 2 is 1.76 bits per heavy atom. The van der Waals surface area contributed by atoms with Gasteiger partial charge in [-0.1, -0.05) is 60.1 Å². The zero-order chi connectivity index (χ0) is 29.4. The number of halogens is 1. The highest BCUT2D eigenvalue weighted by Crippen LogP contribution is 2.34. The average Bonchev–Trinajstić information content (AvgIpc) is 2.96. The van der Waals surface area contributed by atoms with Gasteiger partial charge in [0.05, 0.1) is 11.2 Å². The van der Waals surface area contributed by atoms with Gasteiger partial charge in [-0.2, -0.15) is 5.10 Å². The Hall–Kier alpha value is -4.13. The molecule has 0 heterocycles. The van der Waals surface area contributed by atoms with Crippen molar-refractivity contribution in [1.82, 2.24) is 10.3 Å². The number of hydrogen-bond acceptors (Lipinski definition) is 5. The van der Waals surface area contributed by atoms with E-state index < -0.39 is 5.91 Å². The number of amides is 1. The highest BCUT2D eigenvalue weighted by Gasteiger charge is 2.13. The predicted molar refractivity (Wildman–Crippen MR) is 170 cm³/mol. The second-order valence-electron chi connectivity index (χ2n) is 10.3. The van der Waals surface area contributed by atoms with Crippen molar-refractivity contribution < 1.29 is 16.1 Å². The van der Waals surface area contributed by atoms with Crippen molar-refractivity contribution in [2.24, 2.45) is 5.10 Å². The molecular weight excluding hydrogens is 534 g/mol. The summed E-state index contributed by atoms with van der Waals surface area (Å²) in [7, 11) is 2.12. The molecule has 0 fully saturated rings. The monoisotopic (exact) mass is 571 g/mol. The van der Waals surface area contributed by atoms with Gasteiger partial charge < -0.3 is 14.7 Å². The van der Waals surface area contributed by atoms with Crippen molar-refractivity contribution in [1.29, 1.82) is 0 Å². The van der Waals surface area contributed by atoms with Gasteiger partial charge in [0.25, 0.3) is 5.91 Å². The molecule has 0 spiro atoms. The molecule has 7 heteroatoms. The maximum atomic E-state index is 12.4. The van der Waals surface area contributed by atoms with E-state index in [-0.39, 0.29) is 12.2 Å². The van der Waals surface area contributed by atoms with E-state index in [0.29, 0.717) is 12.2 Å². The van der Waals surface area contributed by atoms with Gasteiger partial charge in [0.2, 0.25) is 0 Å². The Kier molecular flexibility index (Phi) is 10.2. The Labute approximate surface area is 248 Å². The van der Waals surface area contributed by atoms with Crippen molar-refractivity contribution in [3.63, 3.8) is 0 Å². The van der Waals surface area contributed by atoms with E-state index in [9.17, 15) is 9.90 Å². The van der Waals surface area contributed by atoms with Crippen LogP contribution in [-0.4, -0.2) is 48.9 Å². The van der Waals surface area contributed by atoms with Gasteiger partial charge in [-0.05, 0) is 98.0 Å². The van der Waals surface area contributed by atoms with E-state index in [4.69, 9.17) is 16.3 Å². The smallest absolute Gasteiger partial charge is 0.271 e. The molecule has 1 amide bonds. The highest BCUT2D eigenvalue weighted by molar-refractivity contribution is 6.32. The lowest BCUT2D eigenvalue weighted by atomic mass is 9.99. The molecule has 41 heavy (non-hydrogen) atoms. The van der Waals surface area contributed by atoms with Gasteiger partial charge in [0.1, 0.15) is 18.1 Å². The quantitative estimate of drug-likeness (QED) is 0.147. The van der Waals surface area contributed by atoms with Crippen LogP contribution in [0.3, 0.4) is 0 Å². The second kappa shape index (κ2) is 14.0. The zero-order valence-electron chi connectivity index (χ0n) is 23.9. The number of aryl methyl sites for hydroxylation is 3. The highest BCUT2D eigenvalue weighted by atomic mass is 35.5. The normalized spacial score (nSPS) is 11.3. The van der Waals surface area contributed by atoms with Crippen LogP contribution in [-0.2, 0) is 6.42 Å². The molecule has 0 aliphatic carbocycles. The summed E-state index contributed by atoms with van der Waals surface area (Å²) >= 11 is 5.92. The van der Waals surface area contributed by atoms with Crippen LogP contribution in [0.5, 0.6) is 11.5 Å². The minimum Gasteiger partial charge on any atom is -0.506 e. The molecule has 6 nitrogen and oxygen atoms in total. The SMILES string of the molecule is Cc1ccc(CCN(C)CCOc2c(C)cc(/C=N/NC(=O)c3ccc(O)c(Cl)c3)cc2-c2ccccc2)cc1C.[HH]. The van der Waals surface area contributed by atoms with Crippen molar-refractivity contribution in [3.8, 4) is 22.6 Å². The molecule has 0 aliphatic heterocycles. The largest absolute Gasteiger partial charge is 0.506 e. The molecular formula is C34H38ClN3O3. The Bertz CT molecular complexity index is 1540. The summed E-state index contributed by atoms with van der Waals surface area (Å²) in [6.07, 6.45) is 2.60. The molecule has 0 saturated heterocycles. The molecule has 0 bridgehead atoms. The third kappa shape index (κ3) is 8.19. The fraction of sp³-hybridized carbons (Fsp3) is 0.235. The third-order valence-electron chi connectivity index (χ3n) is 7.04. The fourth-order valence-electron chi connectivity index (χ4n) is 4.47. The van der Waals surface area contributed by atoms with Gasteiger partial charge in [-0.15, -0.1) is 0 Å². The van der Waals surface area contributed by atoms with Gasteiger partial charge in [-0.3, -0.25) is 4.79 Å². The number of phenols is 1. The number of carbonyl (C=O) groups is 1. The minimum atomic E-state index is -0.426. The number of carbonyl (C=O) groups excluding carboxylic acids is 1. The van der Waals surface area contributed by atoms with E-state index in [1.807, 2.05) is 37.3 Å². The molecule has 4 aromatic carbocycles. The number of likely N-dealkylation sites (N-methyl/N-ethyl adjacent to an activating group) is 1. The van der Waals surface area contributed by atoms with E-state index in [2.05, 4.69) is 66.7 Å². The van der Waals surface area contributed by atoms with E-state index in [1.54, 1.807) is 6.21 Å². The maximum absolute atomic E-state index is 12.4. The van der Waals surface area contributed by atoms with Crippen LogP contribution in [0.4, 0.5) is 0 Å². The summed E-state index contributed by atoms with van der Waals surface area (Å²) in [4.78, 5) is 14.7. The van der Waals surface area contributed by atoms with Gasteiger partial charge in [0.15, 0.2) is 0 Å². The summed E-state index contributed by atoms with van der Waals surface area (Å²) in [5.74, 6) is 0.324. The van der Waals surface area contributed by atoms with E-state index in [1.165, 1.54) is 34.9 Å². The topological polar surface area (TPSA) is 74.2 Å². The van der Waals surface area contributed by atoms with Crippen molar-refractivity contribution in [2.75, 3.05) is 26.7 Å². The molecule has 0 aromatic heterocycles. The van der Waals surface area contributed by atoms with Crippen LogP contribution in [0, 0.1) is 20.8 Å². The maximum Gasteiger partial charge on any atom is 0.271 e. The zero-order valence-corrected chi connectivity index (χ0v) is 24.7. The number of aromatic hydroxyl groups is 1. The number of hydrazone groups is 1. The number of rotatable bonds is 11. The first-order valence-electron chi connectivity index (χ1n) is 13.6. The molecule has 2 N–H and O–H groups in total. The average molecular weight is 572 g/mol. The van der Waals surface area contributed by atoms with Crippen molar-refractivity contribution in [3.05, 3.63) is 117 Å². The molecule has 4 aromatic rings. The fourth-order valence-corrected chi connectivity index (χ4v) is 4.65. The summed E-state index contributed by atoms with van der Waals surface area (Å²) in [6.45, 7) is 8.62. The lowest BCUT2D eigenvalue weighted by Crippen LogP contribution is -2.26. The molecule has 0 atom stereocenters. The van der Waals surface area contributed by atoms with Crippen molar-refractivity contribution >= 4 is 23.7 Å². The van der Waals surface area contributed by atoms with Gasteiger partial charge in [-0.25, -0.2) is 5.43 Å². The Balaban J connectivity index is 0.00000484. The number of ether oxygens (including phenoxy) is 1. The van der Waals surface area contributed by atoms with E-state index in [0.717, 1.165) is 47.5 Å². The lowest BCUT2D eigenvalue weighted by molar-refractivity contribution is 0.0955. The van der Waals surface area contributed by atoms with Crippen molar-refractivity contribution in [2.45, 2.75) is 27.2 Å². The third-order valence-corrected chi connectivity index (χ3v) is 7.35. The summed E-state index contributed by atoms with van der Waals surface area (Å²) in [5, 5.41) is 13.8. The first-order chi connectivity index (χ1) is 19.7. The predicted octanol–water partition coefficient (Wildman–Crippen LogP) is 7.20. The first-order valence-corrected chi connectivity index (χ1v) is 14.0. The molecule has 0 aliphatic rings. The second-order valence-corrected chi connectivity index (χ2v) is 10.7. The van der Waals surface area contributed by atoms with Crippen LogP contribution < -0.4 is 10.2 Å². The summed E-state index contributed by atoms with van der Waals surface area (Å²) in [5.41, 5.74) is 10.6. The number of benzene rings is 4. The lowest BCUT2D eigenvalue weighted by Gasteiger charge is -2.20. The minimum absolute atomic E-state index is 0. The molecule has 0 radical (unpaired) electrons.